The van der Waals surface area contributed by atoms with Gasteiger partial charge in [0, 0.05) is 36.2 Å². The van der Waals surface area contributed by atoms with Crippen molar-refractivity contribution in [3.63, 3.8) is 0 Å². The van der Waals surface area contributed by atoms with Gasteiger partial charge in [-0.05, 0) is 49.2 Å². The van der Waals surface area contributed by atoms with Crippen molar-refractivity contribution in [2.24, 2.45) is 0 Å². The Morgan fingerprint density at radius 2 is 1.81 bits per heavy atom. The molecule has 3 aromatic rings. The van der Waals surface area contributed by atoms with Crippen LogP contribution < -0.4 is 14.7 Å². The number of rotatable bonds is 4. The first-order valence-electron chi connectivity index (χ1n) is 9.46. The number of aryl methyl sites for hydroxylation is 1. The highest BCUT2D eigenvalue weighted by Gasteiger charge is 2.34. The molecule has 168 valence electrons. The average molecular weight is 467 g/mol. The summed E-state index contributed by atoms with van der Waals surface area (Å²) in [6.45, 7) is 2.08. The van der Waals surface area contributed by atoms with Gasteiger partial charge < -0.3 is 13.5 Å². The lowest BCUT2D eigenvalue weighted by molar-refractivity contribution is -0.136. The molecule has 0 bridgehead atoms. The van der Waals surface area contributed by atoms with E-state index in [9.17, 15) is 31.2 Å². The summed E-state index contributed by atoms with van der Waals surface area (Å²) in [4.78, 5) is 24.8. The molecule has 1 fully saturated rings. The molecule has 2 heterocycles. The lowest BCUT2D eigenvalue weighted by Crippen LogP contribution is -2.24. The summed E-state index contributed by atoms with van der Waals surface area (Å²) in [5, 5.41) is -0.405. The van der Waals surface area contributed by atoms with Crippen LogP contribution in [0.5, 0.6) is 5.75 Å². The first-order valence-corrected chi connectivity index (χ1v) is 10.9. The highest BCUT2D eigenvalue weighted by Crippen LogP contribution is 2.35. The number of halogens is 3. The van der Waals surface area contributed by atoms with E-state index in [-0.39, 0.29) is 16.6 Å². The molecule has 0 aliphatic carbocycles. The molecule has 0 N–H and O–H groups in total. The van der Waals surface area contributed by atoms with Crippen LogP contribution in [0.15, 0.2) is 56.6 Å². The van der Waals surface area contributed by atoms with Crippen LogP contribution in [0.3, 0.4) is 0 Å². The molecule has 1 amide bonds. The van der Waals surface area contributed by atoms with Gasteiger partial charge in [0.25, 0.3) is 0 Å². The van der Waals surface area contributed by atoms with Crippen molar-refractivity contribution in [2.75, 3.05) is 11.4 Å². The quantitative estimate of drug-likeness (QED) is 0.425. The van der Waals surface area contributed by atoms with Gasteiger partial charge in [0.15, 0.2) is 0 Å². The van der Waals surface area contributed by atoms with Crippen molar-refractivity contribution in [3.05, 3.63) is 64.0 Å². The Labute approximate surface area is 180 Å². The smallest absolute Gasteiger partial charge is 0.417 e. The molecule has 0 unspecified atom stereocenters. The maximum Gasteiger partial charge on any atom is 0.417 e. The summed E-state index contributed by atoms with van der Waals surface area (Å²) in [5.74, 6) is -0.370. The molecule has 7 nitrogen and oxygen atoms in total. The molecule has 0 saturated carbocycles. The van der Waals surface area contributed by atoms with Crippen LogP contribution in [-0.4, -0.2) is 20.9 Å². The number of hydrogen-bond acceptors (Lipinski definition) is 6. The van der Waals surface area contributed by atoms with Crippen LogP contribution in [0.4, 0.5) is 18.9 Å². The molecule has 4 rings (SSSR count). The molecule has 32 heavy (non-hydrogen) atoms. The maximum atomic E-state index is 13.2. The Morgan fingerprint density at radius 1 is 1.06 bits per heavy atom. The molecule has 0 spiro atoms. The monoisotopic (exact) mass is 467 g/mol. The number of anilines is 1. The normalized spacial score (nSPS) is 14.9. The fourth-order valence-corrected chi connectivity index (χ4v) is 4.74. The SMILES string of the molecule is Cc1cc(N2CCCC2=O)ccc1S(=O)(=O)Oc1ccc2c(C(F)(F)F)cc(=O)oc2c1. The highest BCUT2D eigenvalue weighted by molar-refractivity contribution is 7.87. The Hall–Kier alpha value is -3.34. The summed E-state index contributed by atoms with van der Waals surface area (Å²) >= 11 is 0. The van der Waals surface area contributed by atoms with Gasteiger partial charge in [0.1, 0.15) is 16.2 Å². The number of alkyl halides is 3. The van der Waals surface area contributed by atoms with Crippen LogP contribution in [0.2, 0.25) is 0 Å². The zero-order chi connectivity index (χ0) is 23.3. The van der Waals surface area contributed by atoms with Gasteiger partial charge >= 0.3 is 21.9 Å². The lowest BCUT2D eigenvalue weighted by atomic mass is 10.1. The molecular formula is C21H16F3NO6S. The zero-order valence-corrected chi connectivity index (χ0v) is 17.4. The largest absolute Gasteiger partial charge is 0.423 e. The van der Waals surface area contributed by atoms with Crippen LogP contribution >= 0.6 is 0 Å². The van der Waals surface area contributed by atoms with Crippen LogP contribution in [0.25, 0.3) is 11.0 Å². The van der Waals surface area contributed by atoms with E-state index >= 15 is 0 Å². The summed E-state index contributed by atoms with van der Waals surface area (Å²) in [6, 6.07) is 7.60. The van der Waals surface area contributed by atoms with E-state index in [0.717, 1.165) is 24.6 Å². The highest BCUT2D eigenvalue weighted by atomic mass is 32.2. The van der Waals surface area contributed by atoms with Crippen molar-refractivity contribution < 1.29 is 35.0 Å². The number of fused-ring (bicyclic) bond motifs is 1. The van der Waals surface area contributed by atoms with E-state index < -0.39 is 38.5 Å². The molecule has 1 aromatic heterocycles. The Balaban J connectivity index is 1.68. The minimum atomic E-state index is -4.79. The third-order valence-electron chi connectivity index (χ3n) is 5.04. The fourth-order valence-electron chi connectivity index (χ4n) is 3.60. The standard InChI is InChI=1S/C21H16F3NO6S/c1-12-9-13(25-8-2-3-19(25)26)4-7-18(12)32(28,29)31-14-5-6-15-16(21(22,23)24)11-20(27)30-17(15)10-14/h4-7,9-11H,2-3,8H2,1H3. The Kier molecular flexibility index (Phi) is 5.24. The summed E-state index contributed by atoms with van der Waals surface area (Å²) < 4.78 is 74.9. The van der Waals surface area contributed by atoms with E-state index in [1.165, 1.54) is 19.1 Å². The minimum absolute atomic E-state index is 0.0489. The molecular weight excluding hydrogens is 451 g/mol. The van der Waals surface area contributed by atoms with Crippen molar-refractivity contribution >= 4 is 32.7 Å². The van der Waals surface area contributed by atoms with Gasteiger partial charge in [-0.2, -0.15) is 21.6 Å². The molecule has 0 atom stereocenters. The molecule has 11 heteroatoms. The number of carbonyl (C=O) groups is 1. The molecule has 1 aliphatic heterocycles. The first kappa shape index (κ1) is 21.9. The third kappa shape index (κ3) is 4.07. The summed E-state index contributed by atoms with van der Waals surface area (Å²) in [5.41, 5.74) is -1.99. The zero-order valence-electron chi connectivity index (χ0n) is 16.6. The topological polar surface area (TPSA) is 93.9 Å². The number of benzene rings is 2. The van der Waals surface area contributed by atoms with E-state index in [0.29, 0.717) is 30.3 Å². The first-order chi connectivity index (χ1) is 15.0. The predicted molar refractivity (Wildman–Crippen MR) is 108 cm³/mol. The number of nitrogens with zero attached hydrogens (tertiary/aromatic N) is 1. The number of amides is 1. The second-order valence-corrected chi connectivity index (χ2v) is 8.79. The van der Waals surface area contributed by atoms with Gasteiger partial charge in [-0.25, -0.2) is 4.79 Å². The minimum Gasteiger partial charge on any atom is -0.423 e. The van der Waals surface area contributed by atoms with Crippen molar-refractivity contribution in [2.45, 2.75) is 30.8 Å². The van der Waals surface area contributed by atoms with E-state index in [1.54, 1.807) is 11.0 Å². The van der Waals surface area contributed by atoms with Crippen LogP contribution in [0.1, 0.15) is 24.0 Å². The van der Waals surface area contributed by atoms with Crippen LogP contribution in [0, 0.1) is 6.92 Å². The van der Waals surface area contributed by atoms with E-state index in [2.05, 4.69) is 0 Å². The second-order valence-electron chi connectivity index (χ2n) is 7.27. The number of hydrogen-bond donors (Lipinski definition) is 0. The van der Waals surface area contributed by atoms with Crippen LogP contribution in [-0.2, 0) is 21.1 Å². The lowest BCUT2D eigenvalue weighted by Gasteiger charge is -2.17. The Morgan fingerprint density at radius 3 is 2.44 bits per heavy atom. The van der Waals surface area contributed by atoms with Gasteiger partial charge in [0.2, 0.25) is 5.91 Å². The summed E-state index contributed by atoms with van der Waals surface area (Å²) in [6.07, 6.45) is -3.65. The van der Waals surface area contributed by atoms with Gasteiger partial charge in [-0.1, -0.05) is 0 Å². The molecule has 0 radical (unpaired) electrons. The fraction of sp³-hybridized carbons (Fsp3) is 0.238. The van der Waals surface area contributed by atoms with Gasteiger partial charge in [0.05, 0.1) is 5.56 Å². The average Bonchev–Trinajstić information content (AvgIpc) is 3.11. The van der Waals surface area contributed by atoms with Crippen molar-refractivity contribution in [1.82, 2.24) is 0 Å². The predicted octanol–water partition coefficient (Wildman–Crippen LogP) is 4.01. The maximum absolute atomic E-state index is 13.2. The second kappa shape index (κ2) is 7.66. The van der Waals surface area contributed by atoms with Gasteiger partial charge in [-0.3, -0.25) is 4.79 Å². The van der Waals surface area contributed by atoms with E-state index in [1.807, 2.05) is 0 Å². The van der Waals surface area contributed by atoms with Crippen molar-refractivity contribution in [1.29, 1.82) is 0 Å². The van der Waals surface area contributed by atoms with Gasteiger partial charge in [-0.15, -0.1) is 0 Å². The van der Waals surface area contributed by atoms with E-state index in [4.69, 9.17) is 8.60 Å². The van der Waals surface area contributed by atoms with Crippen molar-refractivity contribution in [3.8, 4) is 5.75 Å². The third-order valence-corrected chi connectivity index (χ3v) is 6.45. The Bertz CT molecular complexity index is 1390. The molecule has 1 aliphatic rings. The molecule has 2 aromatic carbocycles. The molecule has 1 saturated heterocycles. The number of carbonyl (C=O) groups excluding carboxylic acids is 1. The summed E-state index contributed by atoms with van der Waals surface area (Å²) in [7, 11) is -4.36.